The molecule has 2 aromatic heterocycles. The largest absolute Gasteiger partial charge is 0.332 e. The molecule has 0 radical (unpaired) electrons. The van der Waals surface area contributed by atoms with Gasteiger partial charge in [-0.3, -0.25) is 13.9 Å². The van der Waals surface area contributed by atoms with Crippen LogP contribution in [0.4, 0.5) is 0 Å². The van der Waals surface area contributed by atoms with Crippen LogP contribution in [-0.2, 0) is 20.6 Å². The minimum atomic E-state index is -0.339. The van der Waals surface area contributed by atoms with E-state index in [1.54, 1.807) is 14.1 Å². The number of fused-ring (bicyclic) bond motifs is 1. The Morgan fingerprint density at radius 1 is 1.10 bits per heavy atom. The van der Waals surface area contributed by atoms with E-state index in [1.807, 2.05) is 0 Å². The van der Waals surface area contributed by atoms with Crippen LogP contribution >= 0.6 is 11.6 Å². The molecule has 0 bridgehead atoms. The maximum atomic E-state index is 12.4. The molecule has 0 fully saturated rings. The van der Waals surface area contributed by atoms with Gasteiger partial charge in [-0.15, -0.1) is 0 Å². The number of aromatic nitrogens is 4. The number of halogens is 1. The Bertz CT molecular complexity index is 741. The highest BCUT2D eigenvalue weighted by Crippen LogP contribution is 2.13. The summed E-state index contributed by atoms with van der Waals surface area (Å²) in [5.41, 5.74) is 0.0418. The van der Waals surface area contributed by atoms with E-state index in [4.69, 9.17) is 11.6 Å². The van der Waals surface area contributed by atoms with Gasteiger partial charge in [0.15, 0.2) is 11.2 Å². The van der Waals surface area contributed by atoms with E-state index in [0.717, 1.165) is 25.7 Å². The summed E-state index contributed by atoms with van der Waals surface area (Å²) >= 11 is 5.93. The molecule has 20 heavy (non-hydrogen) atoms. The molecule has 110 valence electrons. The first kappa shape index (κ1) is 14.8. The molecule has 0 amide bonds. The van der Waals surface area contributed by atoms with Gasteiger partial charge in [-0.1, -0.05) is 26.2 Å². The second kappa shape index (κ2) is 5.83. The Morgan fingerprint density at radius 2 is 1.80 bits per heavy atom. The lowest BCUT2D eigenvalue weighted by Crippen LogP contribution is -2.39. The molecule has 0 aliphatic heterocycles. The summed E-state index contributed by atoms with van der Waals surface area (Å²) in [6, 6.07) is 0. The number of nitrogens with zero attached hydrogens (tertiary/aromatic N) is 4. The first-order chi connectivity index (χ1) is 9.49. The third-order valence-corrected chi connectivity index (χ3v) is 3.88. The van der Waals surface area contributed by atoms with Gasteiger partial charge in [0.25, 0.3) is 5.56 Å². The lowest BCUT2D eigenvalue weighted by Gasteiger charge is -2.08. The maximum absolute atomic E-state index is 12.4. The minimum absolute atomic E-state index is 0.204. The van der Waals surface area contributed by atoms with Crippen LogP contribution in [0.1, 0.15) is 32.6 Å². The zero-order valence-corrected chi connectivity index (χ0v) is 12.8. The van der Waals surface area contributed by atoms with E-state index in [1.165, 1.54) is 13.7 Å². The predicted molar refractivity (Wildman–Crippen MR) is 79.4 cm³/mol. The second-order valence-corrected chi connectivity index (χ2v) is 5.31. The number of hydrogen-bond acceptors (Lipinski definition) is 3. The van der Waals surface area contributed by atoms with Gasteiger partial charge in [-0.25, -0.2) is 4.79 Å². The molecule has 6 nitrogen and oxygen atoms in total. The molecule has 0 unspecified atom stereocenters. The zero-order chi connectivity index (χ0) is 14.9. The summed E-state index contributed by atoms with van der Waals surface area (Å²) in [6.07, 6.45) is 4.05. The molecule has 0 spiro atoms. The topological polar surface area (TPSA) is 61.8 Å². The predicted octanol–water partition coefficient (Wildman–Crippen LogP) is 1.67. The summed E-state index contributed by atoms with van der Waals surface area (Å²) in [6.45, 7) is 2.55. The number of aryl methyl sites for hydroxylation is 2. The Morgan fingerprint density at radius 3 is 2.45 bits per heavy atom. The molecular formula is C13H19ClN4O2. The van der Waals surface area contributed by atoms with E-state index in [0.29, 0.717) is 17.7 Å². The molecule has 0 N–H and O–H groups in total. The normalized spacial score (nSPS) is 11.4. The molecule has 2 aromatic rings. The van der Waals surface area contributed by atoms with Crippen LogP contribution in [-0.4, -0.2) is 18.7 Å². The molecule has 2 heterocycles. The van der Waals surface area contributed by atoms with Gasteiger partial charge in [0, 0.05) is 20.6 Å². The third-order valence-electron chi connectivity index (χ3n) is 3.54. The van der Waals surface area contributed by atoms with Gasteiger partial charge in [-0.2, -0.15) is 4.98 Å². The monoisotopic (exact) mass is 298 g/mol. The average Bonchev–Trinajstić information content (AvgIpc) is 2.72. The van der Waals surface area contributed by atoms with Gasteiger partial charge in [0.1, 0.15) is 0 Å². The fourth-order valence-electron chi connectivity index (χ4n) is 2.31. The SMILES string of the molecule is CCCCCCn1c(=O)c2c(nc(Cl)n2C)n(C)c1=O. The van der Waals surface area contributed by atoms with Crippen molar-refractivity contribution >= 4 is 22.8 Å². The molecule has 0 saturated heterocycles. The van der Waals surface area contributed by atoms with Crippen molar-refractivity contribution in [1.82, 2.24) is 18.7 Å². The molecule has 0 atom stereocenters. The van der Waals surface area contributed by atoms with Crippen molar-refractivity contribution in [2.45, 2.75) is 39.2 Å². The fourth-order valence-corrected chi connectivity index (χ4v) is 2.48. The maximum Gasteiger partial charge on any atom is 0.332 e. The summed E-state index contributed by atoms with van der Waals surface area (Å²) in [5.74, 6) is 0. The first-order valence-electron chi connectivity index (χ1n) is 6.80. The first-order valence-corrected chi connectivity index (χ1v) is 7.18. The van der Waals surface area contributed by atoms with Crippen molar-refractivity contribution in [1.29, 1.82) is 0 Å². The van der Waals surface area contributed by atoms with Crippen LogP contribution in [0.25, 0.3) is 11.2 Å². The Hall–Kier alpha value is -1.56. The van der Waals surface area contributed by atoms with Crippen LogP contribution in [0.15, 0.2) is 9.59 Å². The molecule has 0 aliphatic rings. The van der Waals surface area contributed by atoms with Gasteiger partial charge in [-0.05, 0) is 18.0 Å². The highest BCUT2D eigenvalue weighted by Gasteiger charge is 2.17. The molecule has 2 rings (SSSR count). The van der Waals surface area contributed by atoms with Gasteiger partial charge < -0.3 is 4.57 Å². The summed E-state index contributed by atoms with van der Waals surface area (Å²) in [5, 5.41) is 0.204. The fraction of sp³-hybridized carbons (Fsp3) is 0.615. The van der Waals surface area contributed by atoms with Crippen molar-refractivity contribution in [2.24, 2.45) is 14.1 Å². The van der Waals surface area contributed by atoms with Crippen LogP contribution in [0.2, 0.25) is 5.28 Å². The van der Waals surface area contributed by atoms with Gasteiger partial charge >= 0.3 is 5.69 Å². The summed E-state index contributed by atoms with van der Waals surface area (Å²) in [7, 11) is 3.28. The van der Waals surface area contributed by atoms with Crippen molar-refractivity contribution in [3.63, 3.8) is 0 Å². The number of hydrogen-bond donors (Lipinski definition) is 0. The van der Waals surface area contributed by atoms with Crippen LogP contribution in [0.5, 0.6) is 0 Å². The molecular weight excluding hydrogens is 280 g/mol. The summed E-state index contributed by atoms with van der Waals surface area (Å²) < 4.78 is 4.17. The Balaban J connectivity index is 2.53. The van der Waals surface area contributed by atoms with Crippen LogP contribution in [0.3, 0.4) is 0 Å². The lowest BCUT2D eigenvalue weighted by molar-refractivity contribution is 0.539. The second-order valence-electron chi connectivity index (χ2n) is 4.97. The number of imidazole rings is 1. The highest BCUT2D eigenvalue weighted by atomic mass is 35.5. The van der Waals surface area contributed by atoms with E-state index < -0.39 is 0 Å². The van der Waals surface area contributed by atoms with Gasteiger partial charge in [0.2, 0.25) is 5.28 Å². The van der Waals surface area contributed by atoms with E-state index >= 15 is 0 Å². The standard InChI is InChI=1S/C13H19ClN4O2/c1-4-5-6-7-8-18-11(19)9-10(17(3)13(18)20)15-12(14)16(9)2/h4-8H2,1-3H3. The van der Waals surface area contributed by atoms with E-state index in [9.17, 15) is 9.59 Å². The number of rotatable bonds is 5. The van der Waals surface area contributed by atoms with E-state index in [-0.39, 0.29) is 16.5 Å². The number of unbranched alkanes of at least 4 members (excludes halogenated alkanes) is 3. The Labute approximate surface area is 121 Å². The molecule has 7 heteroatoms. The van der Waals surface area contributed by atoms with Crippen molar-refractivity contribution in [3.8, 4) is 0 Å². The summed E-state index contributed by atoms with van der Waals surface area (Å²) in [4.78, 5) is 28.7. The lowest BCUT2D eigenvalue weighted by atomic mass is 10.2. The molecule has 0 aliphatic carbocycles. The van der Waals surface area contributed by atoms with Crippen molar-refractivity contribution < 1.29 is 0 Å². The Kier molecular flexibility index (Phi) is 4.32. The quantitative estimate of drug-likeness (QED) is 0.623. The molecule has 0 saturated carbocycles. The van der Waals surface area contributed by atoms with Gasteiger partial charge in [0.05, 0.1) is 0 Å². The highest BCUT2D eigenvalue weighted by molar-refractivity contribution is 6.29. The van der Waals surface area contributed by atoms with E-state index in [2.05, 4.69) is 11.9 Å². The van der Waals surface area contributed by atoms with Crippen LogP contribution < -0.4 is 11.2 Å². The average molecular weight is 299 g/mol. The van der Waals surface area contributed by atoms with Crippen LogP contribution in [0, 0.1) is 0 Å². The minimum Gasteiger partial charge on any atom is -0.312 e. The van der Waals surface area contributed by atoms with Crippen molar-refractivity contribution in [3.05, 3.63) is 26.1 Å². The smallest absolute Gasteiger partial charge is 0.312 e. The van der Waals surface area contributed by atoms with Crippen molar-refractivity contribution in [2.75, 3.05) is 0 Å². The molecule has 0 aromatic carbocycles. The zero-order valence-electron chi connectivity index (χ0n) is 12.0. The third kappa shape index (κ3) is 2.40.